The summed E-state index contributed by atoms with van der Waals surface area (Å²) in [5.41, 5.74) is -0.164. The van der Waals surface area contributed by atoms with Crippen LogP contribution >= 0.6 is 0 Å². The molecule has 3 heterocycles. The number of hydrogen-bond acceptors (Lipinski definition) is 5. The van der Waals surface area contributed by atoms with E-state index >= 15 is 0 Å². The standard InChI is InChI=1S/C14H18N4O4S/c19-12-6-11(15-13(16-12)9-2-3-9)14(20)17-7-10(8-17)18-4-1-5-23(18,21)22/h6,9-10H,1-5,7-8H2,(H,15,16,19). The van der Waals surface area contributed by atoms with Gasteiger partial charge in [-0.05, 0) is 19.3 Å². The molecule has 0 radical (unpaired) electrons. The molecule has 1 aliphatic carbocycles. The van der Waals surface area contributed by atoms with Gasteiger partial charge < -0.3 is 9.88 Å². The van der Waals surface area contributed by atoms with Crippen molar-refractivity contribution in [2.45, 2.75) is 31.2 Å². The van der Waals surface area contributed by atoms with Crippen LogP contribution in [0.4, 0.5) is 0 Å². The highest BCUT2D eigenvalue weighted by molar-refractivity contribution is 7.89. The molecule has 1 saturated carbocycles. The molecule has 1 amide bonds. The minimum Gasteiger partial charge on any atom is -0.334 e. The van der Waals surface area contributed by atoms with Gasteiger partial charge in [-0.25, -0.2) is 13.4 Å². The molecule has 3 aliphatic rings. The molecule has 4 rings (SSSR count). The van der Waals surface area contributed by atoms with Crippen molar-refractivity contribution in [3.63, 3.8) is 0 Å². The molecule has 2 aliphatic heterocycles. The van der Waals surface area contributed by atoms with Gasteiger partial charge in [0.05, 0.1) is 11.8 Å². The van der Waals surface area contributed by atoms with Crippen molar-refractivity contribution >= 4 is 15.9 Å². The van der Waals surface area contributed by atoms with E-state index in [0.29, 0.717) is 31.9 Å². The zero-order valence-corrected chi connectivity index (χ0v) is 13.4. The first kappa shape index (κ1) is 14.8. The topological polar surface area (TPSA) is 103 Å². The highest BCUT2D eigenvalue weighted by atomic mass is 32.2. The van der Waals surface area contributed by atoms with Crippen molar-refractivity contribution in [2.24, 2.45) is 0 Å². The Labute approximate surface area is 133 Å². The largest absolute Gasteiger partial charge is 0.334 e. The van der Waals surface area contributed by atoms with Gasteiger partial charge in [0.15, 0.2) is 0 Å². The highest BCUT2D eigenvalue weighted by Crippen LogP contribution is 2.37. The van der Waals surface area contributed by atoms with Gasteiger partial charge in [0.25, 0.3) is 11.5 Å². The Hall–Kier alpha value is -1.74. The first-order chi connectivity index (χ1) is 10.9. The summed E-state index contributed by atoms with van der Waals surface area (Å²) < 4.78 is 25.3. The zero-order valence-electron chi connectivity index (χ0n) is 12.6. The predicted octanol–water partition coefficient (Wildman–Crippen LogP) is -0.493. The molecule has 0 unspecified atom stereocenters. The fourth-order valence-electron chi connectivity index (χ4n) is 3.17. The van der Waals surface area contributed by atoms with E-state index in [1.54, 1.807) is 4.90 Å². The number of H-pyrrole nitrogens is 1. The molecule has 0 spiro atoms. The number of aromatic amines is 1. The van der Waals surface area contributed by atoms with Crippen LogP contribution in [-0.2, 0) is 10.0 Å². The van der Waals surface area contributed by atoms with Crippen molar-refractivity contribution in [2.75, 3.05) is 25.4 Å². The normalized spacial score (nSPS) is 24.6. The monoisotopic (exact) mass is 338 g/mol. The number of aromatic nitrogens is 2. The van der Waals surface area contributed by atoms with Crippen molar-refractivity contribution in [1.29, 1.82) is 0 Å². The summed E-state index contributed by atoms with van der Waals surface area (Å²) in [6.45, 7) is 1.26. The third-order valence-electron chi connectivity index (χ3n) is 4.64. The molecular formula is C14H18N4O4S. The van der Waals surface area contributed by atoms with Gasteiger partial charge in [-0.3, -0.25) is 9.59 Å². The van der Waals surface area contributed by atoms with Crippen LogP contribution in [0.2, 0.25) is 0 Å². The molecule has 1 aromatic heterocycles. The lowest BCUT2D eigenvalue weighted by molar-refractivity contribution is 0.0458. The van der Waals surface area contributed by atoms with E-state index in [4.69, 9.17) is 0 Å². The Bertz CT molecular complexity index is 808. The average molecular weight is 338 g/mol. The second kappa shape index (κ2) is 5.13. The SMILES string of the molecule is O=C(c1cc(=O)[nH]c(C2CC2)n1)N1CC(N2CCCS2(=O)=O)C1. The van der Waals surface area contributed by atoms with Crippen molar-refractivity contribution in [3.8, 4) is 0 Å². The summed E-state index contributed by atoms with van der Waals surface area (Å²) in [6.07, 6.45) is 2.62. The Morgan fingerprint density at radius 2 is 2.04 bits per heavy atom. The van der Waals surface area contributed by atoms with E-state index < -0.39 is 10.0 Å². The van der Waals surface area contributed by atoms with E-state index in [9.17, 15) is 18.0 Å². The molecule has 3 fully saturated rings. The summed E-state index contributed by atoms with van der Waals surface area (Å²) in [6, 6.07) is 1.07. The van der Waals surface area contributed by atoms with Gasteiger partial charge in [0, 0.05) is 31.6 Å². The minimum absolute atomic E-state index is 0.142. The average Bonchev–Trinajstić information content (AvgIpc) is 3.22. The Morgan fingerprint density at radius 1 is 1.30 bits per heavy atom. The van der Waals surface area contributed by atoms with Crippen molar-refractivity contribution in [1.82, 2.24) is 19.2 Å². The van der Waals surface area contributed by atoms with Gasteiger partial charge in [0.1, 0.15) is 11.5 Å². The quantitative estimate of drug-likeness (QED) is 0.801. The molecule has 0 bridgehead atoms. The molecule has 8 nitrogen and oxygen atoms in total. The lowest BCUT2D eigenvalue weighted by atomic mass is 10.1. The van der Waals surface area contributed by atoms with Crippen LogP contribution in [0, 0.1) is 0 Å². The van der Waals surface area contributed by atoms with Crippen LogP contribution < -0.4 is 5.56 Å². The molecule has 1 aromatic rings. The fraction of sp³-hybridized carbons (Fsp3) is 0.643. The lowest BCUT2D eigenvalue weighted by Gasteiger charge is -2.42. The molecule has 0 atom stereocenters. The maximum Gasteiger partial charge on any atom is 0.272 e. The number of nitrogens with one attached hydrogen (secondary N) is 1. The highest BCUT2D eigenvalue weighted by Gasteiger charge is 2.43. The number of sulfonamides is 1. The number of rotatable bonds is 3. The zero-order chi connectivity index (χ0) is 16.2. The third kappa shape index (κ3) is 2.67. The Morgan fingerprint density at radius 3 is 2.65 bits per heavy atom. The summed E-state index contributed by atoms with van der Waals surface area (Å²) >= 11 is 0. The fourth-order valence-corrected chi connectivity index (χ4v) is 4.89. The van der Waals surface area contributed by atoms with Gasteiger partial charge >= 0.3 is 0 Å². The van der Waals surface area contributed by atoms with Crippen molar-refractivity contribution in [3.05, 3.63) is 27.9 Å². The molecular weight excluding hydrogens is 320 g/mol. The first-order valence-corrected chi connectivity index (χ1v) is 9.45. The summed E-state index contributed by atoms with van der Waals surface area (Å²) in [4.78, 5) is 32.6. The van der Waals surface area contributed by atoms with E-state index in [-0.39, 0.29) is 34.9 Å². The van der Waals surface area contributed by atoms with Crippen LogP contribution in [0.15, 0.2) is 10.9 Å². The Balaban J connectivity index is 1.46. The second-order valence-corrected chi connectivity index (χ2v) is 8.48. The van der Waals surface area contributed by atoms with Gasteiger partial charge in [-0.15, -0.1) is 0 Å². The van der Waals surface area contributed by atoms with Crippen LogP contribution in [0.5, 0.6) is 0 Å². The van der Waals surface area contributed by atoms with E-state index in [0.717, 1.165) is 12.8 Å². The van der Waals surface area contributed by atoms with Crippen LogP contribution in [0.25, 0.3) is 0 Å². The number of likely N-dealkylation sites (tertiary alicyclic amines) is 1. The molecule has 1 N–H and O–H groups in total. The predicted molar refractivity (Wildman–Crippen MR) is 81.6 cm³/mol. The smallest absolute Gasteiger partial charge is 0.272 e. The summed E-state index contributed by atoms with van der Waals surface area (Å²) in [7, 11) is -3.15. The van der Waals surface area contributed by atoms with E-state index in [1.807, 2.05) is 0 Å². The Kier molecular flexibility index (Phi) is 3.31. The molecule has 124 valence electrons. The summed E-state index contributed by atoms with van der Waals surface area (Å²) in [5.74, 6) is 0.734. The number of hydrogen-bond donors (Lipinski definition) is 1. The summed E-state index contributed by atoms with van der Waals surface area (Å²) in [5, 5.41) is 0. The van der Waals surface area contributed by atoms with Gasteiger partial charge in [-0.2, -0.15) is 4.31 Å². The van der Waals surface area contributed by atoms with Gasteiger partial charge in [-0.1, -0.05) is 0 Å². The molecule has 23 heavy (non-hydrogen) atoms. The van der Waals surface area contributed by atoms with Crippen molar-refractivity contribution < 1.29 is 13.2 Å². The van der Waals surface area contributed by atoms with Crippen LogP contribution in [0.1, 0.15) is 41.5 Å². The van der Waals surface area contributed by atoms with E-state index in [2.05, 4.69) is 9.97 Å². The number of carbonyl (C=O) groups is 1. The number of nitrogens with zero attached hydrogens (tertiary/aromatic N) is 3. The number of amides is 1. The third-order valence-corrected chi connectivity index (χ3v) is 6.64. The van der Waals surface area contributed by atoms with Crippen LogP contribution in [-0.4, -0.2) is 64.9 Å². The molecule has 2 saturated heterocycles. The molecule has 9 heteroatoms. The first-order valence-electron chi connectivity index (χ1n) is 7.84. The van der Waals surface area contributed by atoms with Crippen LogP contribution in [0.3, 0.4) is 0 Å². The van der Waals surface area contributed by atoms with Gasteiger partial charge in [0.2, 0.25) is 10.0 Å². The number of carbonyl (C=O) groups excluding carboxylic acids is 1. The molecule has 0 aromatic carbocycles. The maximum absolute atomic E-state index is 12.4. The lowest BCUT2D eigenvalue weighted by Crippen LogP contribution is -2.61. The second-order valence-electron chi connectivity index (χ2n) is 6.43. The van der Waals surface area contributed by atoms with E-state index in [1.165, 1.54) is 10.4 Å². The minimum atomic E-state index is -3.15. The maximum atomic E-state index is 12.4.